The summed E-state index contributed by atoms with van der Waals surface area (Å²) in [7, 11) is 2.06. The smallest absolute Gasteiger partial charge is 0.171 e. The molecule has 0 atom stereocenters. The summed E-state index contributed by atoms with van der Waals surface area (Å²) >= 11 is 3.39. The van der Waals surface area contributed by atoms with Gasteiger partial charge in [0, 0.05) is 24.7 Å². The normalized spacial score (nSPS) is 10.7. The number of nitrogens with zero attached hydrogens (tertiary/aromatic N) is 2. The molecule has 3 aromatic rings. The van der Waals surface area contributed by atoms with Gasteiger partial charge in [0.15, 0.2) is 4.34 Å². The molecule has 0 radical (unpaired) electrons. The standard InChI is InChI=1S/C14H12N2S2/c1-16(11-7-3-2-4-8-11)18-14-15-12-9-5-6-10-13(12)17-14/h2-10H,1H3. The zero-order valence-electron chi connectivity index (χ0n) is 9.91. The predicted molar refractivity (Wildman–Crippen MR) is 80.3 cm³/mol. The zero-order valence-corrected chi connectivity index (χ0v) is 11.5. The number of aromatic nitrogens is 1. The van der Waals surface area contributed by atoms with Crippen molar-refractivity contribution in [3.05, 3.63) is 54.6 Å². The van der Waals surface area contributed by atoms with Crippen LogP contribution in [-0.2, 0) is 0 Å². The van der Waals surface area contributed by atoms with Crippen molar-refractivity contribution in [3.8, 4) is 0 Å². The van der Waals surface area contributed by atoms with Crippen molar-refractivity contribution in [1.82, 2.24) is 4.98 Å². The molecule has 0 bridgehead atoms. The summed E-state index contributed by atoms with van der Waals surface area (Å²) in [5, 5.41) is 0. The van der Waals surface area contributed by atoms with Crippen LogP contribution in [0.5, 0.6) is 0 Å². The van der Waals surface area contributed by atoms with Crippen LogP contribution in [0.15, 0.2) is 58.9 Å². The molecule has 3 rings (SSSR count). The maximum Gasteiger partial charge on any atom is 0.171 e. The summed E-state index contributed by atoms with van der Waals surface area (Å²) in [5.74, 6) is 0. The fourth-order valence-corrected chi connectivity index (χ4v) is 3.75. The van der Waals surface area contributed by atoms with E-state index in [2.05, 4.69) is 46.7 Å². The van der Waals surface area contributed by atoms with Crippen molar-refractivity contribution in [2.75, 3.05) is 11.4 Å². The van der Waals surface area contributed by atoms with Gasteiger partial charge in [0.2, 0.25) is 0 Å². The number of thiazole rings is 1. The summed E-state index contributed by atoms with van der Waals surface area (Å²) < 4.78 is 4.45. The molecule has 0 aliphatic heterocycles. The van der Waals surface area contributed by atoms with Crippen LogP contribution in [0.25, 0.3) is 10.2 Å². The zero-order chi connectivity index (χ0) is 12.4. The van der Waals surface area contributed by atoms with E-state index in [0.29, 0.717) is 0 Å². The first-order valence-electron chi connectivity index (χ1n) is 5.65. The monoisotopic (exact) mass is 272 g/mol. The molecule has 0 fully saturated rings. The Balaban J connectivity index is 1.84. The van der Waals surface area contributed by atoms with Gasteiger partial charge in [0.25, 0.3) is 0 Å². The number of hydrogen-bond donors (Lipinski definition) is 0. The Morgan fingerprint density at radius 1 is 1.00 bits per heavy atom. The number of anilines is 1. The Labute approximate surface area is 114 Å². The van der Waals surface area contributed by atoms with E-state index in [9.17, 15) is 0 Å². The van der Waals surface area contributed by atoms with Crippen molar-refractivity contribution in [2.24, 2.45) is 0 Å². The molecule has 0 spiro atoms. The number of hydrogen-bond acceptors (Lipinski definition) is 4. The Hall–Kier alpha value is -1.52. The van der Waals surface area contributed by atoms with E-state index in [-0.39, 0.29) is 0 Å². The van der Waals surface area contributed by atoms with E-state index in [1.165, 1.54) is 10.4 Å². The third-order valence-electron chi connectivity index (χ3n) is 2.61. The highest BCUT2D eigenvalue weighted by molar-refractivity contribution is 8.02. The van der Waals surface area contributed by atoms with Gasteiger partial charge >= 0.3 is 0 Å². The molecule has 0 aliphatic carbocycles. The molecule has 90 valence electrons. The minimum absolute atomic E-state index is 1.07. The molecule has 2 nitrogen and oxygen atoms in total. The molecule has 0 aliphatic rings. The summed E-state index contributed by atoms with van der Waals surface area (Å²) in [6, 6.07) is 18.6. The summed E-state index contributed by atoms with van der Waals surface area (Å²) in [4.78, 5) is 4.62. The summed E-state index contributed by atoms with van der Waals surface area (Å²) in [6.07, 6.45) is 0. The van der Waals surface area contributed by atoms with Gasteiger partial charge in [-0.3, -0.25) is 0 Å². The van der Waals surface area contributed by atoms with Crippen molar-refractivity contribution >= 4 is 39.2 Å². The Morgan fingerprint density at radius 2 is 1.72 bits per heavy atom. The fraction of sp³-hybridized carbons (Fsp3) is 0.0714. The Kier molecular flexibility index (Phi) is 3.21. The highest BCUT2D eigenvalue weighted by Crippen LogP contribution is 2.33. The van der Waals surface area contributed by atoms with Gasteiger partial charge in [-0.2, -0.15) is 0 Å². The molecule has 2 aromatic carbocycles. The lowest BCUT2D eigenvalue weighted by molar-refractivity contribution is 1.27. The van der Waals surface area contributed by atoms with Gasteiger partial charge in [-0.1, -0.05) is 30.3 Å². The van der Waals surface area contributed by atoms with Crippen LogP contribution in [0.2, 0.25) is 0 Å². The molecule has 0 N–H and O–H groups in total. The first-order chi connectivity index (χ1) is 8.83. The predicted octanol–water partition coefficient (Wildman–Crippen LogP) is 4.44. The molecule has 0 unspecified atom stereocenters. The first-order valence-corrected chi connectivity index (χ1v) is 7.24. The molecule has 0 amide bonds. The van der Waals surface area contributed by atoms with Gasteiger partial charge < -0.3 is 4.31 Å². The Bertz CT molecular complexity index is 616. The number of fused-ring (bicyclic) bond motifs is 1. The second-order valence-corrected chi connectivity index (χ2v) is 6.28. The van der Waals surface area contributed by atoms with Gasteiger partial charge in [-0.25, -0.2) is 4.98 Å². The highest BCUT2D eigenvalue weighted by atomic mass is 32.2. The minimum atomic E-state index is 1.07. The van der Waals surface area contributed by atoms with Crippen LogP contribution in [0, 0.1) is 0 Å². The molecule has 0 saturated heterocycles. The third-order valence-corrected chi connectivity index (χ3v) is 4.65. The van der Waals surface area contributed by atoms with Crippen LogP contribution in [0.1, 0.15) is 0 Å². The Morgan fingerprint density at radius 3 is 2.50 bits per heavy atom. The largest absolute Gasteiger partial charge is 0.313 e. The van der Waals surface area contributed by atoms with Crippen LogP contribution in [0.4, 0.5) is 5.69 Å². The van der Waals surface area contributed by atoms with Crippen LogP contribution in [-0.4, -0.2) is 12.0 Å². The second-order valence-electron chi connectivity index (χ2n) is 3.87. The molecular formula is C14H12N2S2. The molecule has 1 heterocycles. The van der Waals surface area contributed by atoms with E-state index in [4.69, 9.17) is 0 Å². The third kappa shape index (κ3) is 2.35. The lowest BCUT2D eigenvalue weighted by atomic mass is 10.3. The number of rotatable bonds is 3. The van der Waals surface area contributed by atoms with Gasteiger partial charge in [0.1, 0.15) is 0 Å². The summed E-state index contributed by atoms with van der Waals surface area (Å²) in [5.41, 5.74) is 2.26. The van der Waals surface area contributed by atoms with Crippen molar-refractivity contribution < 1.29 is 0 Å². The number of benzene rings is 2. The van der Waals surface area contributed by atoms with E-state index in [1.807, 2.05) is 24.3 Å². The van der Waals surface area contributed by atoms with Crippen LogP contribution < -0.4 is 4.31 Å². The number of para-hydroxylation sites is 2. The van der Waals surface area contributed by atoms with Crippen molar-refractivity contribution in [2.45, 2.75) is 4.34 Å². The molecule has 18 heavy (non-hydrogen) atoms. The van der Waals surface area contributed by atoms with Gasteiger partial charge in [-0.05, 0) is 24.3 Å². The first kappa shape index (κ1) is 11.6. The van der Waals surface area contributed by atoms with Gasteiger partial charge in [0.05, 0.1) is 10.2 Å². The maximum absolute atomic E-state index is 4.62. The fourth-order valence-electron chi connectivity index (χ4n) is 1.70. The lowest BCUT2D eigenvalue weighted by Crippen LogP contribution is -2.05. The molecule has 0 saturated carbocycles. The molecule has 4 heteroatoms. The minimum Gasteiger partial charge on any atom is -0.313 e. The van der Waals surface area contributed by atoms with E-state index < -0.39 is 0 Å². The van der Waals surface area contributed by atoms with E-state index in [0.717, 1.165) is 9.86 Å². The molecular weight excluding hydrogens is 260 g/mol. The summed E-state index contributed by atoms with van der Waals surface area (Å²) in [6.45, 7) is 0. The lowest BCUT2D eigenvalue weighted by Gasteiger charge is -2.15. The topological polar surface area (TPSA) is 16.1 Å². The van der Waals surface area contributed by atoms with Crippen LogP contribution >= 0.6 is 23.3 Å². The maximum atomic E-state index is 4.62. The van der Waals surface area contributed by atoms with E-state index >= 15 is 0 Å². The molecule has 1 aromatic heterocycles. The average Bonchev–Trinajstić information content (AvgIpc) is 2.82. The van der Waals surface area contributed by atoms with Gasteiger partial charge in [-0.15, -0.1) is 11.3 Å². The van der Waals surface area contributed by atoms with Crippen molar-refractivity contribution in [1.29, 1.82) is 0 Å². The second kappa shape index (κ2) is 5.00. The SMILES string of the molecule is CN(Sc1nc2ccccc2s1)c1ccccc1. The highest BCUT2D eigenvalue weighted by Gasteiger charge is 2.07. The van der Waals surface area contributed by atoms with E-state index in [1.54, 1.807) is 23.3 Å². The average molecular weight is 272 g/mol. The van der Waals surface area contributed by atoms with Crippen LogP contribution in [0.3, 0.4) is 0 Å². The van der Waals surface area contributed by atoms with Crippen molar-refractivity contribution in [3.63, 3.8) is 0 Å². The quantitative estimate of drug-likeness (QED) is 0.656.